The zero-order valence-electron chi connectivity index (χ0n) is 20.6. The summed E-state index contributed by atoms with van der Waals surface area (Å²) in [7, 11) is 0. The lowest BCUT2D eigenvalue weighted by atomic mass is 9.73. The number of aliphatic hydroxyl groups excluding tert-OH is 1. The Labute approximate surface area is 205 Å². The number of rotatable bonds is 9. The van der Waals surface area contributed by atoms with Crippen molar-refractivity contribution in [1.82, 2.24) is 15.6 Å². The van der Waals surface area contributed by atoms with E-state index in [1.807, 2.05) is 6.07 Å². The molecule has 0 saturated heterocycles. The third-order valence-corrected chi connectivity index (χ3v) is 6.87. The van der Waals surface area contributed by atoms with E-state index < -0.39 is 17.8 Å². The molecule has 190 valence electrons. The van der Waals surface area contributed by atoms with Crippen molar-refractivity contribution in [2.24, 2.45) is 0 Å². The van der Waals surface area contributed by atoms with Crippen LogP contribution in [0.2, 0.25) is 0 Å². The molecule has 1 aliphatic heterocycles. The molecule has 2 heterocycles. The van der Waals surface area contributed by atoms with Crippen LogP contribution in [0, 0.1) is 5.82 Å². The van der Waals surface area contributed by atoms with Crippen LogP contribution < -0.4 is 15.4 Å². The van der Waals surface area contributed by atoms with Gasteiger partial charge in [-0.15, -0.1) is 0 Å². The number of amides is 1. The van der Waals surface area contributed by atoms with Crippen LogP contribution in [-0.2, 0) is 17.6 Å². The largest absolute Gasteiger partial charge is 0.485 e. The van der Waals surface area contributed by atoms with Crippen molar-refractivity contribution in [1.29, 1.82) is 0 Å². The minimum Gasteiger partial charge on any atom is -0.485 e. The Morgan fingerprint density at radius 1 is 1.34 bits per heavy atom. The third kappa shape index (κ3) is 6.55. The van der Waals surface area contributed by atoms with Gasteiger partial charge in [0, 0.05) is 43.6 Å². The van der Waals surface area contributed by atoms with Crippen LogP contribution in [0.3, 0.4) is 0 Å². The lowest BCUT2D eigenvalue weighted by molar-refractivity contribution is -0.120. The molecule has 1 aromatic carbocycles. The van der Waals surface area contributed by atoms with Gasteiger partial charge >= 0.3 is 0 Å². The van der Waals surface area contributed by atoms with E-state index in [1.165, 1.54) is 32.9 Å². The van der Waals surface area contributed by atoms with Gasteiger partial charge in [-0.1, -0.05) is 12.1 Å². The van der Waals surface area contributed by atoms with Gasteiger partial charge in [0.1, 0.15) is 22.8 Å². The molecule has 0 radical (unpaired) electrons. The first-order chi connectivity index (χ1) is 16.5. The van der Waals surface area contributed by atoms with Gasteiger partial charge in [-0.2, -0.15) is 0 Å². The summed E-state index contributed by atoms with van der Waals surface area (Å²) in [5.41, 5.74) is 0.631. The second-order valence-corrected chi connectivity index (χ2v) is 10.6. The highest BCUT2D eigenvalue weighted by Gasteiger charge is 2.46. The van der Waals surface area contributed by atoms with Crippen LogP contribution in [-0.4, -0.2) is 46.0 Å². The molecule has 0 unspecified atom stereocenters. The van der Waals surface area contributed by atoms with Crippen molar-refractivity contribution >= 4 is 5.91 Å². The van der Waals surface area contributed by atoms with Gasteiger partial charge in [0.05, 0.1) is 18.3 Å². The number of benzene rings is 1. The van der Waals surface area contributed by atoms with Gasteiger partial charge in [-0.3, -0.25) is 9.78 Å². The molecule has 1 saturated carbocycles. The molecule has 8 heteroatoms. The van der Waals surface area contributed by atoms with E-state index in [0.29, 0.717) is 23.4 Å². The second-order valence-electron chi connectivity index (χ2n) is 10.6. The number of fused-ring (bicyclic) bond motifs is 1. The Balaban J connectivity index is 1.50. The Morgan fingerprint density at radius 2 is 2.11 bits per heavy atom. The van der Waals surface area contributed by atoms with E-state index in [2.05, 4.69) is 15.6 Å². The topological polar surface area (TPSA) is 83.5 Å². The Morgan fingerprint density at radius 3 is 2.74 bits per heavy atom. The van der Waals surface area contributed by atoms with Crippen molar-refractivity contribution in [3.63, 3.8) is 0 Å². The quantitative estimate of drug-likeness (QED) is 0.499. The molecular weight excluding hydrogens is 452 g/mol. The highest BCUT2D eigenvalue weighted by Crippen LogP contribution is 2.48. The number of ether oxygens (including phenoxy) is 1. The van der Waals surface area contributed by atoms with E-state index >= 15 is 0 Å². The molecule has 35 heavy (non-hydrogen) atoms. The minimum atomic E-state index is -1.38. The molecule has 6 nitrogen and oxygen atoms in total. The first kappa shape index (κ1) is 25.5. The maximum Gasteiger partial charge on any atom is 0.217 e. The van der Waals surface area contributed by atoms with Crippen molar-refractivity contribution in [2.45, 2.75) is 88.8 Å². The van der Waals surface area contributed by atoms with Crippen LogP contribution in [0.25, 0.3) is 0 Å². The molecule has 3 N–H and O–H groups in total. The Bertz CT molecular complexity index is 1050. The average Bonchev–Trinajstić information content (AvgIpc) is 2.74. The number of halogens is 2. The summed E-state index contributed by atoms with van der Waals surface area (Å²) in [6.07, 6.45) is 5.03. The monoisotopic (exact) mass is 487 g/mol. The first-order valence-corrected chi connectivity index (χ1v) is 12.3. The molecular formula is C27H35F2N3O3. The molecule has 1 aromatic heterocycles. The van der Waals surface area contributed by atoms with Crippen molar-refractivity contribution < 1.29 is 23.4 Å². The number of carbonyl (C=O) groups excluding carboxylic acids is 1. The third-order valence-electron chi connectivity index (χ3n) is 6.87. The average molecular weight is 488 g/mol. The molecule has 0 bridgehead atoms. The normalized spacial score (nSPS) is 20.3. The van der Waals surface area contributed by atoms with E-state index in [0.717, 1.165) is 31.2 Å². The number of aliphatic hydroxyl groups is 1. The van der Waals surface area contributed by atoms with Gasteiger partial charge in [0.2, 0.25) is 5.91 Å². The zero-order chi connectivity index (χ0) is 25.2. The second kappa shape index (κ2) is 10.2. The standard InChI is InChI=1S/C27H35F2N3O3/c1-17(33)32-22(11-18-6-4-7-19(28)10-18)24(34)15-31-23-14-27(8-5-9-27)35-25-16-30-20(12-21(23)25)13-26(2,3)29/h4,6-7,10,12,16,22-24,31,34H,5,8-9,11,13-15H2,1-3H3,(H,32,33)/t22-,23-,24-/m0/s1. The molecule has 2 aliphatic rings. The minimum absolute atomic E-state index is 0.106. The maximum atomic E-state index is 14.3. The van der Waals surface area contributed by atoms with Crippen molar-refractivity contribution in [3.8, 4) is 5.75 Å². The van der Waals surface area contributed by atoms with E-state index in [-0.39, 0.29) is 36.3 Å². The number of aromatic nitrogens is 1. The summed E-state index contributed by atoms with van der Waals surface area (Å²) < 4.78 is 34.2. The van der Waals surface area contributed by atoms with Crippen LogP contribution >= 0.6 is 0 Å². The number of nitrogens with zero attached hydrogens (tertiary/aromatic N) is 1. The van der Waals surface area contributed by atoms with Gasteiger partial charge in [0.15, 0.2) is 0 Å². The van der Waals surface area contributed by atoms with Crippen molar-refractivity contribution in [3.05, 3.63) is 59.2 Å². The molecule has 4 rings (SSSR count). The highest BCUT2D eigenvalue weighted by molar-refractivity contribution is 5.73. The summed E-state index contributed by atoms with van der Waals surface area (Å²) in [5, 5.41) is 17.3. The smallest absolute Gasteiger partial charge is 0.217 e. The molecule has 3 atom stereocenters. The number of carbonyl (C=O) groups is 1. The number of nitrogens with one attached hydrogen (secondary N) is 2. The summed E-state index contributed by atoms with van der Waals surface area (Å²) in [6.45, 7) is 4.67. The van der Waals surface area contributed by atoms with E-state index in [1.54, 1.807) is 18.3 Å². The molecule has 1 amide bonds. The highest BCUT2D eigenvalue weighted by atomic mass is 19.1. The Hall–Kier alpha value is -2.58. The SMILES string of the molecule is CC(=O)N[C@@H](Cc1cccc(F)c1)[C@@H](O)CN[C@H]1CC2(CCC2)Oc2cnc(CC(C)(C)F)cc21. The maximum absolute atomic E-state index is 14.3. The fourth-order valence-electron chi connectivity index (χ4n) is 5.07. The Kier molecular flexibility index (Phi) is 7.43. The number of alkyl halides is 1. The number of hydrogen-bond acceptors (Lipinski definition) is 5. The molecule has 1 fully saturated rings. The lowest BCUT2D eigenvalue weighted by Crippen LogP contribution is -2.52. The number of pyridine rings is 1. The summed E-state index contributed by atoms with van der Waals surface area (Å²) in [6, 6.07) is 7.36. The summed E-state index contributed by atoms with van der Waals surface area (Å²) >= 11 is 0. The fourth-order valence-corrected chi connectivity index (χ4v) is 5.07. The summed E-state index contributed by atoms with van der Waals surface area (Å²) in [5.74, 6) is 0.0727. The van der Waals surface area contributed by atoms with Crippen LogP contribution in [0.15, 0.2) is 36.5 Å². The van der Waals surface area contributed by atoms with E-state index in [4.69, 9.17) is 4.74 Å². The van der Waals surface area contributed by atoms with Crippen LogP contribution in [0.1, 0.15) is 69.3 Å². The van der Waals surface area contributed by atoms with Gasteiger partial charge in [0.25, 0.3) is 0 Å². The predicted molar refractivity (Wildman–Crippen MR) is 129 cm³/mol. The fraction of sp³-hybridized carbons (Fsp3) is 0.556. The van der Waals surface area contributed by atoms with Gasteiger partial charge in [-0.25, -0.2) is 8.78 Å². The van der Waals surface area contributed by atoms with E-state index in [9.17, 15) is 18.7 Å². The lowest BCUT2D eigenvalue weighted by Gasteiger charge is -2.48. The summed E-state index contributed by atoms with van der Waals surface area (Å²) in [4.78, 5) is 16.2. The van der Waals surface area contributed by atoms with Crippen LogP contribution in [0.4, 0.5) is 8.78 Å². The number of hydrogen-bond donors (Lipinski definition) is 3. The van der Waals surface area contributed by atoms with Crippen molar-refractivity contribution in [2.75, 3.05) is 6.54 Å². The van der Waals surface area contributed by atoms with Crippen LogP contribution in [0.5, 0.6) is 5.75 Å². The molecule has 2 aromatic rings. The van der Waals surface area contributed by atoms with Gasteiger partial charge in [-0.05, 0) is 63.3 Å². The molecule has 1 aliphatic carbocycles. The predicted octanol–water partition coefficient (Wildman–Crippen LogP) is 3.96. The zero-order valence-corrected chi connectivity index (χ0v) is 20.6. The van der Waals surface area contributed by atoms with Gasteiger partial charge < -0.3 is 20.5 Å². The first-order valence-electron chi connectivity index (χ1n) is 12.3. The molecule has 1 spiro atoms.